The molecule has 0 aromatic heterocycles. The molecule has 5 heteroatoms. The van der Waals surface area contributed by atoms with Gasteiger partial charge >= 0.3 is 0 Å². The third kappa shape index (κ3) is 3.18. The van der Waals surface area contributed by atoms with Crippen LogP contribution in [0.5, 0.6) is 0 Å². The summed E-state index contributed by atoms with van der Waals surface area (Å²) in [6, 6.07) is 7.29. The van der Waals surface area contributed by atoms with Crippen LogP contribution in [0.2, 0.25) is 0 Å². The maximum atomic E-state index is 10.7. The molecule has 0 saturated heterocycles. The van der Waals surface area contributed by atoms with E-state index in [4.69, 9.17) is 0 Å². The lowest BCUT2D eigenvalue weighted by Crippen LogP contribution is -2.27. The summed E-state index contributed by atoms with van der Waals surface area (Å²) in [5.41, 5.74) is 0.737. The molecule has 1 aromatic carbocycles. The Balaban J connectivity index is 2.20. The van der Waals surface area contributed by atoms with Crippen molar-refractivity contribution in [3.63, 3.8) is 0 Å². The highest BCUT2D eigenvalue weighted by molar-refractivity contribution is 9.10. The van der Waals surface area contributed by atoms with Gasteiger partial charge in [-0.2, -0.15) is 5.26 Å². The molecular formula is C15H17BrN2O2. The second-order valence-corrected chi connectivity index (χ2v) is 6.64. The van der Waals surface area contributed by atoms with Gasteiger partial charge in [0, 0.05) is 16.6 Å². The number of nitriles is 1. The highest BCUT2D eigenvalue weighted by Gasteiger charge is 2.35. The largest absolute Gasteiger partial charge is 0.270 e. The van der Waals surface area contributed by atoms with Gasteiger partial charge < -0.3 is 0 Å². The topological polar surface area (TPSA) is 66.9 Å². The van der Waals surface area contributed by atoms with Crippen molar-refractivity contribution in [3.05, 3.63) is 38.3 Å². The minimum Gasteiger partial charge on any atom is -0.258 e. The summed E-state index contributed by atoms with van der Waals surface area (Å²) < 4.78 is 0.722. The molecule has 106 valence electrons. The molecule has 0 aliphatic heterocycles. The van der Waals surface area contributed by atoms with Gasteiger partial charge in [0.25, 0.3) is 5.69 Å². The lowest BCUT2D eigenvalue weighted by Gasteiger charge is -2.34. The number of nitro groups is 1. The van der Waals surface area contributed by atoms with Gasteiger partial charge in [-0.1, -0.05) is 28.9 Å². The normalized spacial score (nSPS) is 25.9. The van der Waals surface area contributed by atoms with E-state index in [9.17, 15) is 15.4 Å². The van der Waals surface area contributed by atoms with E-state index in [0.29, 0.717) is 12.3 Å². The van der Waals surface area contributed by atoms with Gasteiger partial charge in [-0.25, -0.2) is 0 Å². The second kappa shape index (κ2) is 5.92. The fourth-order valence-corrected chi connectivity index (χ4v) is 3.31. The number of nitro benzene ring substituents is 1. The first-order valence-electron chi connectivity index (χ1n) is 6.80. The average Bonchev–Trinajstić information content (AvgIpc) is 2.43. The van der Waals surface area contributed by atoms with Crippen LogP contribution in [0.25, 0.3) is 0 Å². The Labute approximate surface area is 127 Å². The highest BCUT2D eigenvalue weighted by Crippen LogP contribution is 2.42. The van der Waals surface area contributed by atoms with E-state index in [-0.39, 0.29) is 11.1 Å². The SMILES string of the molecule is CC1CCC(C#N)(Cc2ccc([N+](=O)[O-])cc2Br)CC1. The third-order valence-corrected chi connectivity index (χ3v) is 4.98. The summed E-state index contributed by atoms with van der Waals surface area (Å²) >= 11 is 3.39. The third-order valence-electron chi connectivity index (χ3n) is 4.24. The van der Waals surface area contributed by atoms with Crippen molar-refractivity contribution in [1.82, 2.24) is 0 Å². The van der Waals surface area contributed by atoms with Gasteiger partial charge in [0.1, 0.15) is 0 Å². The molecule has 4 nitrogen and oxygen atoms in total. The van der Waals surface area contributed by atoms with E-state index in [0.717, 1.165) is 35.7 Å². The molecular weight excluding hydrogens is 320 g/mol. The Morgan fingerprint density at radius 3 is 2.65 bits per heavy atom. The minimum atomic E-state index is -0.406. The summed E-state index contributed by atoms with van der Waals surface area (Å²) in [6.07, 6.45) is 4.65. The monoisotopic (exact) mass is 336 g/mol. The molecule has 1 saturated carbocycles. The molecule has 0 amide bonds. The van der Waals surface area contributed by atoms with Crippen molar-refractivity contribution >= 4 is 21.6 Å². The molecule has 2 rings (SSSR count). The minimum absolute atomic E-state index is 0.0731. The molecule has 0 unspecified atom stereocenters. The van der Waals surface area contributed by atoms with Crippen molar-refractivity contribution in [1.29, 1.82) is 5.26 Å². The fraction of sp³-hybridized carbons (Fsp3) is 0.533. The summed E-state index contributed by atoms with van der Waals surface area (Å²) in [5.74, 6) is 0.691. The van der Waals surface area contributed by atoms with Gasteiger partial charge in [-0.15, -0.1) is 0 Å². The van der Waals surface area contributed by atoms with Gasteiger partial charge in [0.05, 0.1) is 16.4 Å². The van der Waals surface area contributed by atoms with Gasteiger partial charge in [-0.05, 0) is 43.6 Å². The predicted molar refractivity (Wildman–Crippen MR) is 80.2 cm³/mol. The molecule has 0 bridgehead atoms. The Hall–Kier alpha value is -1.41. The van der Waals surface area contributed by atoms with Crippen molar-refractivity contribution in [2.75, 3.05) is 0 Å². The Bertz CT molecular complexity index is 557. The van der Waals surface area contributed by atoms with Gasteiger partial charge in [0.2, 0.25) is 0 Å². The van der Waals surface area contributed by atoms with Crippen LogP contribution in [0.1, 0.15) is 38.2 Å². The smallest absolute Gasteiger partial charge is 0.258 e. The summed E-state index contributed by atoms with van der Waals surface area (Å²) in [5, 5.41) is 20.3. The zero-order valence-electron chi connectivity index (χ0n) is 11.4. The van der Waals surface area contributed by atoms with E-state index >= 15 is 0 Å². The molecule has 1 aliphatic rings. The molecule has 1 aromatic rings. The number of rotatable bonds is 3. The summed E-state index contributed by atoms with van der Waals surface area (Å²) in [6.45, 7) is 2.23. The number of nitrogens with zero attached hydrogens (tertiary/aromatic N) is 2. The fourth-order valence-electron chi connectivity index (χ4n) is 2.80. The van der Waals surface area contributed by atoms with Crippen molar-refractivity contribution in [2.45, 2.75) is 39.0 Å². The number of hydrogen-bond acceptors (Lipinski definition) is 3. The zero-order valence-corrected chi connectivity index (χ0v) is 13.0. The number of non-ortho nitro benzene ring substituents is 1. The first-order valence-corrected chi connectivity index (χ1v) is 7.59. The zero-order chi connectivity index (χ0) is 14.8. The Kier molecular flexibility index (Phi) is 4.44. The molecule has 0 radical (unpaired) electrons. The van der Waals surface area contributed by atoms with Crippen LogP contribution in [0.3, 0.4) is 0 Å². The van der Waals surface area contributed by atoms with Crippen LogP contribution in [-0.2, 0) is 6.42 Å². The standard InChI is InChI=1S/C15H17BrN2O2/c1-11-4-6-15(10-17,7-5-11)9-12-2-3-13(18(19)20)8-14(12)16/h2-3,8,11H,4-7,9H2,1H3. The molecule has 0 spiro atoms. The molecule has 20 heavy (non-hydrogen) atoms. The van der Waals surface area contributed by atoms with E-state index < -0.39 is 4.92 Å². The van der Waals surface area contributed by atoms with Crippen molar-refractivity contribution in [3.8, 4) is 6.07 Å². The second-order valence-electron chi connectivity index (χ2n) is 5.78. The van der Waals surface area contributed by atoms with E-state index in [2.05, 4.69) is 28.9 Å². The quantitative estimate of drug-likeness (QED) is 0.597. The molecule has 0 N–H and O–H groups in total. The molecule has 0 heterocycles. The molecule has 1 fully saturated rings. The highest BCUT2D eigenvalue weighted by atomic mass is 79.9. The first kappa shape index (κ1) is 15.0. The maximum absolute atomic E-state index is 10.7. The predicted octanol–water partition coefficient (Wildman–Crippen LogP) is 4.62. The Morgan fingerprint density at radius 2 is 2.15 bits per heavy atom. The van der Waals surface area contributed by atoms with Crippen LogP contribution in [0.4, 0.5) is 5.69 Å². The van der Waals surface area contributed by atoms with Crippen LogP contribution in [0.15, 0.2) is 22.7 Å². The summed E-state index contributed by atoms with van der Waals surface area (Å²) in [4.78, 5) is 10.3. The average molecular weight is 337 g/mol. The van der Waals surface area contributed by atoms with Crippen LogP contribution in [-0.4, -0.2) is 4.92 Å². The van der Waals surface area contributed by atoms with E-state index in [1.807, 2.05) is 0 Å². The van der Waals surface area contributed by atoms with Crippen LogP contribution >= 0.6 is 15.9 Å². The van der Waals surface area contributed by atoms with Crippen molar-refractivity contribution in [2.24, 2.45) is 11.3 Å². The molecule has 1 aliphatic carbocycles. The first-order chi connectivity index (χ1) is 9.46. The van der Waals surface area contributed by atoms with Gasteiger partial charge in [0.15, 0.2) is 0 Å². The maximum Gasteiger partial charge on any atom is 0.270 e. The lowest BCUT2D eigenvalue weighted by molar-refractivity contribution is -0.384. The summed E-state index contributed by atoms with van der Waals surface area (Å²) in [7, 11) is 0. The Morgan fingerprint density at radius 1 is 1.50 bits per heavy atom. The van der Waals surface area contributed by atoms with Crippen LogP contribution in [0, 0.1) is 32.8 Å². The number of benzene rings is 1. The van der Waals surface area contributed by atoms with Crippen LogP contribution < -0.4 is 0 Å². The lowest BCUT2D eigenvalue weighted by atomic mass is 9.69. The van der Waals surface area contributed by atoms with E-state index in [1.54, 1.807) is 6.07 Å². The van der Waals surface area contributed by atoms with Gasteiger partial charge in [-0.3, -0.25) is 10.1 Å². The van der Waals surface area contributed by atoms with Crippen molar-refractivity contribution < 1.29 is 4.92 Å². The van der Waals surface area contributed by atoms with E-state index in [1.165, 1.54) is 12.1 Å². The molecule has 0 atom stereocenters. The number of hydrogen-bond donors (Lipinski definition) is 0. The number of halogens is 1.